The molecule has 106 valence electrons. The van der Waals surface area contributed by atoms with Gasteiger partial charge in [0.25, 0.3) is 5.56 Å². The van der Waals surface area contributed by atoms with E-state index in [1.165, 1.54) is 14.2 Å². The highest BCUT2D eigenvalue weighted by Crippen LogP contribution is 2.28. The van der Waals surface area contributed by atoms with Crippen LogP contribution < -0.4 is 20.1 Å². The van der Waals surface area contributed by atoms with Gasteiger partial charge in [-0.05, 0) is 35.8 Å². The molecule has 0 aliphatic carbocycles. The molecule has 0 aliphatic rings. The molecule has 0 amide bonds. The largest absolute Gasteiger partial charge is 0.860 e. The number of H-pyrrole nitrogens is 2. The van der Waals surface area contributed by atoms with Gasteiger partial charge in [-0.1, -0.05) is 6.07 Å². The third-order valence-corrected chi connectivity index (χ3v) is 3.04. The quantitative estimate of drug-likeness (QED) is 0.824. The SMILES string of the molecule is COc1ccc(Cc2c([O-])[nH]c(=S)[nH]c2=O)cc1OC. The molecule has 0 aliphatic heterocycles. The van der Waals surface area contributed by atoms with Crippen molar-refractivity contribution in [3.8, 4) is 17.4 Å². The average Bonchev–Trinajstić information content (AvgIpc) is 2.42. The third-order valence-electron chi connectivity index (χ3n) is 2.83. The molecule has 2 aromatic rings. The lowest BCUT2D eigenvalue weighted by atomic mass is 10.1. The Morgan fingerprint density at radius 1 is 1.20 bits per heavy atom. The normalized spacial score (nSPS) is 10.3. The van der Waals surface area contributed by atoms with Crippen molar-refractivity contribution in [2.75, 3.05) is 14.2 Å². The first-order valence-electron chi connectivity index (χ1n) is 5.78. The second-order valence-electron chi connectivity index (χ2n) is 4.08. The van der Waals surface area contributed by atoms with E-state index in [1.54, 1.807) is 18.2 Å². The molecule has 0 saturated heterocycles. The minimum atomic E-state index is -0.478. The highest BCUT2D eigenvalue weighted by Gasteiger charge is 2.08. The molecule has 1 aromatic heterocycles. The summed E-state index contributed by atoms with van der Waals surface area (Å²) in [5, 5.41) is 11.7. The van der Waals surface area contributed by atoms with Gasteiger partial charge in [0.1, 0.15) is 0 Å². The van der Waals surface area contributed by atoms with Gasteiger partial charge in [-0.15, -0.1) is 0 Å². The van der Waals surface area contributed by atoms with E-state index in [0.717, 1.165) is 5.56 Å². The highest BCUT2D eigenvalue weighted by atomic mass is 32.1. The van der Waals surface area contributed by atoms with Crippen LogP contribution in [-0.2, 0) is 6.42 Å². The van der Waals surface area contributed by atoms with E-state index in [4.69, 9.17) is 21.7 Å². The first kappa shape index (κ1) is 14.1. The molecule has 0 spiro atoms. The monoisotopic (exact) mass is 293 g/mol. The van der Waals surface area contributed by atoms with Crippen molar-refractivity contribution < 1.29 is 14.6 Å². The van der Waals surface area contributed by atoms with Crippen molar-refractivity contribution in [3.05, 3.63) is 44.5 Å². The van der Waals surface area contributed by atoms with Gasteiger partial charge in [-0.25, -0.2) is 0 Å². The number of benzene rings is 1. The zero-order valence-corrected chi connectivity index (χ0v) is 11.8. The fourth-order valence-corrected chi connectivity index (χ4v) is 2.03. The van der Waals surface area contributed by atoms with Crippen molar-refractivity contribution >= 4 is 12.2 Å². The van der Waals surface area contributed by atoms with Crippen LogP contribution in [0.4, 0.5) is 0 Å². The molecule has 0 radical (unpaired) electrons. The van der Waals surface area contributed by atoms with Gasteiger partial charge >= 0.3 is 0 Å². The predicted octanol–water partition coefficient (Wildman–Crippen LogP) is 1.11. The molecular formula is C13H13N2O4S-. The van der Waals surface area contributed by atoms with E-state index in [2.05, 4.69) is 9.97 Å². The fraction of sp³-hybridized carbons (Fsp3) is 0.231. The molecule has 20 heavy (non-hydrogen) atoms. The van der Waals surface area contributed by atoms with Crippen LogP contribution >= 0.6 is 12.2 Å². The predicted molar refractivity (Wildman–Crippen MR) is 74.0 cm³/mol. The van der Waals surface area contributed by atoms with E-state index in [0.29, 0.717) is 11.5 Å². The van der Waals surface area contributed by atoms with E-state index >= 15 is 0 Å². The van der Waals surface area contributed by atoms with E-state index < -0.39 is 11.4 Å². The number of aromatic amines is 2. The first-order chi connectivity index (χ1) is 9.55. The third kappa shape index (κ3) is 2.83. The summed E-state index contributed by atoms with van der Waals surface area (Å²) in [6.07, 6.45) is 0.181. The lowest BCUT2D eigenvalue weighted by Gasteiger charge is -2.13. The summed E-state index contributed by atoms with van der Waals surface area (Å²) in [6, 6.07) is 5.21. The van der Waals surface area contributed by atoms with Gasteiger partial charge in [0.15, 0.2) is 16.3 Å². The number of nitrogens with one attached hydrogen (secondary N) is 2. The Hall–Kier alpha value is -2.28. The summed E-state index contributed by atoms with van der Waals surface area (Å²) in [7, 11) is 3.06. The van der Waals surface area contributed by atoms with Gasteiger partial charge in [0.2, 0.25) is 0 Å². The number of aromatic nitrogens is 2. The maximum Gasteiger partial charge on any atom is 0.254 e. The van der Waals surface area contributed by atoms with Crippen LogP contribution in [0.15, 0.2) is 23.0 Å². The molecule has 0 unspecified atom stereocenters. The van der Waals surface area contributed by atoms with E-state index in [-0.39, 0.29) is 16.8 Å². The maximum atomic E-state index is 11.7. The van der Waals surface area contributed by atoms with Crippen LogP contribution in [0, 0.1) is 4.77 Å². The smallest absolute Gasteiger partial charge is 0.254 e. The fourth-order valence-electron chi connectivity index (χ4n) is 1.85. The van der Waals surface area contributed by atoms with Crippen LogP contribution in [0.2, 0.25) is 0 Å². The second kappa shape index (κ2) is 5.79. The molecule has 0 saturated carbocycles. The van der Waals surface area contributed by atoms with Crippen LogP contribution in [-0.4, -0.2) is 24.2 Å². The van der Waals surface area contributed by atoms with Crippen molar-refractivity contribution in [1.29, 1.82) is 0 Å². The minimum Gasteiger partial charge on any atom is -0.860 e. The highest BCUT2D eigenvalue weighted by molar-refractivity contribution is 7.71. The topological polar surface area (TPSA) is 90.2 Å². The van der Waals surface area contributed by atoms with Crippen molar-refractivity contribution in [3.63, 3.8) is 0 Å². The van der Waals surface area contributed by atoms with Gasteiger partial charge in [0, 0.05) is 12.0 Å². The number of ether oxygens (including phenoxy) is 2. The Balaban J connectivity index is 2.40. The van der Waals surface area contributed by atoms with Crippen molar-refractivity contribution in [2.24, 2.45) is 0 Å². The molecule has 0 atom stereocenters. The van der Waals surface area contributed by atoms with Crippen LogP contribution in [0.3, 0.4) is 0 Å². The zero-order chi connectivity index (χ0) is 14.7. The molecule has 6 nitrogen and oxygen atoms in total. The zero-order valence-electron chi connectivity index (χ0n) is 11.0. The number of methoxy groups -OCH3 is 2. The summed E-state index contributed by atoms with van der Waals surface area (Å²) in [6.45, 7) is 0. The Morgan fingerprint density at radius 3 is 2.50 bits per heavy atom. The second-order valence-corrected chi connectivity index (χ2v) is 4.49. The van der Waals surface area contributed by atoms with Gasteiger partial charge in [0.05, 0.1) is 14.2 Å². The van der Waals surface area contributed by atoms with Gasteiger partial charge in [-0.2, -0.15) is 0 Å². The van der Waals surface area contributed by atoms with Crippen LogP contribution in [0.5, 0.6) is 17.4 Å². The molecule has 7 heteroatoms. The number of rotatable bonds is 4. The summed E-state index contributed by atoms with van der Waals surface area (Å²) in [4.78, 5) is 16.5. The Labute approximate surface area is 120 Å². The Morgan fingerprint density at radius 2 is 1.90 bits per heavy atom. The molecule has 2 rings (SSSR count). The lowest BCUT2D eigenvalue weighted by Crippen LogP contribution is -2.18. The summed E-state index contributed by atoms with van der Waals surface area (Å²) < 4.78 is 10.3. The molecule has 0 bridgehead atoms. The van der Waals surface area contributed by atoms with E-state index in [9.17, 15) is 9.90 Å². The van der Waals surface area contributed by atoms with Crippen LogP contribution in [0.25, 0.3) is 0 Å². The van der Waals surface area contributed by atoms with Crippen molar-refractivity contribution in [1.82, 2.24) is 9.97 Å². The minimum absolute atomic E-state index is 0.0241. The Bertz CT molecular complexity index is 736. The average molecular weight is 293 g/mol. The lowest BCUT2D eigenvalue weighted by molar-refractivity contribution is -0.276. The molecule has 1 aromatic carbocycles. The molecule has 1 heterocycles. The summed E-state index contributed by atoms with van der Waals surface area (Å²) in [5.41, 5.74) is 0.384. The van der Waals surface area contributed by atoms with Crippen LogP contribution in [0.1, 0.15) is 11.1 Å². The van der Waals surface area contributed by atoms with Gasteiger partial charge < -0.3 is 19.6 Å². The molecule has 2 N–H and O–H groups in total. The summed E-state index contributed by atoms with van der Waals surface area (Å²) in [5.74, 6) is 0.645. The number of hydrogen-bond donors (Lipinski definition) is 2. The first-order valence-corrected chi connectivity index (χ1v) is 6.19. The molecule has 0 fully saturated rings. The molecular weight excluding hydrogens is 280 g/mol. The Kier molecular flexibility index (Phi) is 4.09. The van der Waals surface area contributed by atoms with E-state index in [1.807, 2.05) is 0 Å². The van der Waals surface area contributed by atoms with Gasteiger partial charge in [-0.3, -0.25) is 9.78 Å². The summed E-state index contributed by atoms with van der Waals surface area (Å²) >= 11 is 4.74. The maximum absolute atomic E-state index is 11.7. The number of hydrogen-bond acceptors (Lipinski definition) is 5. The standard InChI is InChI=1S/C13H14N2O4S/c1-18-9-4-3-7(6-10(9)19-2)5-8-11(16)14-13(20)15-12(8)17/h3-4,6H,5H2,1-2H3,(H3,14,15,16,17,20)/p-1. The van der Waals surface area contributed by atoms with Crippen molar-refractivity contribution in [2.45, 2.75) is 6.42 Å².